The van der Waals surface area contributed by atoms with Gasteiger partial charge < -0.3 is 15.3 Å². The Morgan fingerprint density at radius 3 is 2.81 bits per heavy atom. The Labute approximate surface area is 133 Å². The number of hydrogen-bond acceptors (Lipinski definition) is 4. The minimum absolute atomic E-state index is 0.187. The second kappa shape index (κ2) is 6.93. The number of thioether (sulfide) groups is 1. The lowest BCUT2D eigenvalue weighted by Crippen LogP contribution is -2.43. The van der Waals surface area contributed by atoms with Crippen LogP contribution in [0.25, 0.3) is 0 Å². The largest absolute Gasteiger partial charge is 0.508 e. The number of benzene rings is 1. The van der Waals surface area contributed by atoms with E-state index in [1.165, 1.54) is 0 Å². The molecule has 1 aromatic carbocycles. The van der Waals surface area contributed by atoms with Gasteiger partial charge in [-0.3, -0.25) is 0 Å². The SMILES string of the molecule is CCCNC(C)c1ccc(N2CCSC(C)(C)C2)cc1O. The lowest BCUT2D eigenvalue weighted by Gasteiger charge is -2.39. The molecule has 1 saturated heterocycles. The van der Waals surface area contributed by atoms with Crippen LogP contribution in [0.4, 0.5) is 5.69 Å². The van der Waals surface area contributed by atoms with Crippen LogP contribution < -0.4 is 10.2 Å². The van der Waals surface area contributed by atoms with Gasteiger partial charge in [-0.2, -0.15) is 11.8 Å². The summed E-state index contributed by atoms with van der Waals surface area (Å²) in [6, 6.07) is 6.32. The third-order valence-electron chi connectivity index (χ3n) is 3.97. The van der Waals surface area contributed by atoms with E-state index in [2.05, 4.69) is 50.0 Å². The molecule has 4 heteroatoms. The molecule has 1 aromatic rings. The summed E-state index contributed by atoms with van der Waals surface area (Å²) in [5.41, 5.74) is 2.12. The first kappa shape index (κ1) is 16.5. The Morgan fingerprint density at radius 2 is 2.19 bits per heavy atom. The fraction of sp³-hybridized carbons (Fsp3) is 0.647. The smallest absolute Gasteiger partial charge is 0.122 e. The molecule has 0 amide bonds. The predicted octanol–water partition coefficient (Wildman–Crippen LogP) is 3.78. The molecular formula is C17H28N2OS. The van der Waals surface area contributed by atoms with Crippen LogP contribution in [-0.2, 0) is 0 Å². The molecule has 21 heavy (non-hydrogen) atoms. The van der Waals surface area contributed by atoms with Gasteiger partial charge in [0.1, 0.15) is 5.75 Å². The number of nitrogens with zero attached hydrogens (tertiary/aromatic N) is 1. The van der Waals surface area contributed by atoms with Crippen LogP contribution in [0.3, 0.4) is 0 Å². The second-order valence-corrected chi connectivity index (χ2v) is 8.25. The van der Waals surface area contributed by atoms with Gasteiger partial charge in [0.2, 0.25) is 0 Å². The maximum absolute atomic E-state index is 10.3. The Balaban J connectivity index is 2.11. The third kappa shape index (κ3) is 4.30. The minimum Gasteiger partial charge on any atom is -0.508 e. The van der Waals surface area contributed by atoms with Gasteiger partial charge in [-0.15, -0.1) is 0 Å². The lowest BCUT2D eigenvalue weighted by atomic mass is 10.1. The first-order valence-electron chi connectivity index (χ1n) is 7.88. The Bertz CT molecular complexity index is 476. The van der Waals surface area contributed by atoms with Gasteiger partial charge in [-0.1, -0.05) is 13.0 Å². The van der Waals surface area contributed by atoms with E-state index >= 15 is 0 Å². The van der Waals surface area contributed by atoms with Crippen molar-refractivity contribution in [2.75, 3.05) is 30.3 Å². The zero-order valence-electron chi connectivity index (χ0n) is 13.6. The Kier molecular flexibility index (Phi) is 5.44. The fourth-order valence-electron chi connectivity index (χ4n) is 2.80. The molecule has 1 aliphatic heterocycles. The van der Waals surface area contributed by atoms with Crippen LogP contribution in [-0.4, -0.2) is 35.2 Å². The highest BCUT2D eigenvalue weighted by Gasteiger charge is 2.27. The topological polar surface area (TPSA) is 35.5 Å². The number of aromatic hydroxyl groups is 1. The van der Waals surface area contributed by atoms with Crippen molar-refractivity contribution in [1.29, 1.82) is 0 Å². The van der Waals surface area contributed by atoms with E-state index in [0.717, 1.165) is 43.1 Å². The Morgan fingerprint density at radius 1 is 1.43 bits per heavy atom. The monoisotopic (exact) mass is 308 g/mol. The van der Waals surface area contributed by atoms with E-state index < -0.39 is 0 Å². The summed E-state index contributed by atoms with van der Waals surface area (Å²) in [6.07, 6.45) is 1.10. The molecule has 0 aliphatic carbocycles. The summed E-state index contributed by atoms with van der Waals surface area (Å²) >= 11 is 2.03. The van der Waals surface area contributed by atoms with Gasteiger partial charge in [0.15, 0.2) is 0 Å². The van der Waals surface area contributed by atoms with Crippen LogP contribution in [0.1, 0.15) is 45.7 Å². The number of rotatable bonds is 5. The summed E-state index contributed by atoms with van der Waals surface area (Å²) in [4.78, 5) is 2.38. The normalized spacial score (nSPS) is 19.5. The summed E-state index contributed by atoms with van der Waals surface area (Å²) in [5, 5.41) is 13.8. The molecule has 1 fully saturated rings. The first-order valence-corrected chi connectivity index (χ1v) is 8.87. The molecule has 1 unspecified atom stereocenters. The zero-order chi connectivity index (χ0) is 15.5. The minimum atomic E-state index is 0.187. The molecule has 118 valence electrons. The van der Waals surface area contributed by atoms with Crippen molar-refractivity contribution >= 4 is 17.4 Å². The van der Waals surface area contributed by atoms with Crippen LogP contribution in [0.5, 0.6) is 5.75 Å². The summed E-state index contributed by atoms with van der Waals surface area (Å²) in [7, 11) is 0. The summed E-state index contributed by atoms with van der Waals surface area (Å²) < 4.78 is 0.280. The van der Waals surface area contributed by atoms with Crippen molar-refractivity contribution in [1.82, 2.24) is 5.32 Å². The number of hydrogen-bond donors (Lipinski definition) is 2. The molecule has 1 atom stereocenters. The molecule has 0 bridgehead atoms. The third-order valence-corrected chi connectivity index (χ3v) is 5.27. The standard InChI is InChI=1S/C17H28N2OS/c1-5-8-18-13(2)15-7-6-14(11-16(15)20)19-9-10-21-17(3,4)12-19/h6-7,11,13,18,20H,5,8-10,12H2,1-4H3. The van der Waals surface area contributed by atoms with Crippen molar-refractivity contribution in [2.24, 2.45) is 0 Å². The van der Waals surface area contributed by atoms with Crippen molar-refractivity contribution in [3.8, 4) is 5.75 Å². The van der Waals surface area contributed by atoms with E-state index in [-0.39, 0.29) is 10.8 Å². The zero-order valence-corrected chi connectivity index (χ0v) is 14.5. The number of anilines is 1. The molecule has 2 rings (SSSR count). The van der Waals surface area contributed by atoms with Crippen LogP contribution in [0.2, 0.25) is 0 Å². The van der Waals surface area contributed by atoms with Crippen LogP contribution >= 0.6 is 11.8 Å². The van der Waals surface area contributed by atoms with Crippen molar-refractivity contribution < 1.29 is 5.11 Å². The van der Waals surface area contributed by atoms with Crippen molar-refractivity contribution in [3.05, 3.63) is 23.8 Å². The van der Waals surface area contributed by atoms with E-state index in [9.17, 15) is 5.11 Å². The average Bonchev–Trinajstić information content (AvgIpc) is 2.43. The fourth-order valence-corrected chi connectivity index (χ4v) is 3.91. The van der Waals surface area contributed by atoms with E-state index in [0.29, 0.717) is 5.75 Å². The highest BCUT2D eigenvalue weighted by Crippen LogP contribution is 2.35. The predicted molar refractivity (Wildman–Crippen MR) is 93.6 cm³/mol. The molecule has 0 spiro atoms. The van der Waals surface area contributed by atoms with Gasteiger partial charge in [-0.05, 0) is 39.8 Å². The molecule has 2 N–H and O–H groups in total. The first-order chi connectivity index (χ1) is 9.93. The highest BCUT2D eigenvalue weighted by atomic mass is 32.2. The van der Waals surface area contributed by atoms with Crippen molar-refractivity contribution in [3.63, 3.8) is 0 Å². The lowest BCUT2D eigenvalue weighted by molar-refractivity contribution is 0.452. The molecule has 1 aliphatic rings. The number of phenols is 1. The Hall–Kier alpha value is -0.870. The van der Waals surface area contributed by atoms with Gasteiger partial charge in [0.05, 0.1) is 0 Å². The molecule has 0 radical (unpaired) electrons. The maximum Gasteiger partial charge on any atom is 0.122 e. The molecule has 1 heterocycles. The van der Waals surface area contributed by atoms with Crippen molar-refractivity contribution in [2.45, 2.75) is 44.9 Å². The highest BCUT2D eigenvalue weighted by molar-refractivity contribution is 8.00. The van der Waals surface area contributed by atoms with E-state index in [4.69, 9.17) is 0 Å². The van der Waals surface area contributed by atoms with Gasteiger partial charge >= 0.3 is 0 Å². The molecule has 0 aromatic heterocycles. The van der Waals surface area contributed by atoms with Crippen LogP contribution in [0.15, 0.2) is 18.2 Å². The maximum atomic E-state index is 10.3. The van der Waals surface area contributed by atoms with E-state index in [1.54, 1.807) is 0 Å². The molecular weight excluding hydrogens is 280 g/mol. The number of phenolic OH excluding ortho intramolecular Hbond substituents is 1. The van der Waals surface area contributed by atoms with Crippen LogP contribution in [0, 0.1) is 0 Å². The summed E-state index contributed by atoms with van der Waals surface area (Å²) in [5.74, 6) is 1.55. The second-order valence-electron chi connectivity index (χ2n) is 6.45. The summed E-state index contributed by atoms with van der Waals surface area (Å²) in [6.45, 7) is 11.9. The van der Waals surface area contributed by atoms with E-state index in [1.807, 2.05) is 17.8 Å². The number of nitrogens with one attached hydrogen (secondary N) is 1. The quantitative estimate of drug-likeness (QED) is 0.867. The van der Waals surface area contributed by atoms with Gasteiger partial charge in [0.25, 0.3) is 0 Å². The van der Waals surface area contributed by atoms with Gasteiger partial charge in [0, 0.05) is 46.9 Å². The average molecular weight is 308 g/mol. The molecule has 3 nitrogen and oxygen atoms in total. The van der Waals surface area contributed by atoms with Gasteiger partial charge in [-0.25, -0.2) is 0 Å². The molecule has 0 saturated carbocycles.